The van der Waals surface area contributed by atoms with Crippen molar-refractivity contribution in [1.29, 1.82) is 0 Å². The van der Waals surface area contributed by atoms with E-state index in [2.05, 4.69) is 54.9 Å². The van der Waals surface area contributed by atoms with E-state index in [9.17, 15) is 0 Å². The van der Waals surface area contributed by atoms with Crippen molar-refractivity contribution in [1.82, 2.24) is 9.88 Å². The Balaban J connectivity index is 1.90. The van der Waals surface area contributed by atoms with E-state index < -0.39 is 0 Å². The van der Waals surface area contributed by atoms with Crippen LogP contribution in [0.1, 0.15) is 38.3 Å². The molecular weight excluding hydrogens is 234 g/mol. The van der Waals surface area contributed by atoms with Crippen molar-refractivity contribution >= 4 is 5.69 Å². The number of hydrogen-bond acceptors (Lipinski definition) is 3. The molecule has 0 N–H and O–H groups in total. The van der Waals surface area contributed by atoms with Gasteiger partial charge in [0.05, 0.1) is 11.9 Å². The molecule has 1 aromatic heterocycles. The van der Waals surface area contributed by atoms with Crippen LogP contribution in [-0.4, -0.2) is 43.6 Å². The number of hydrogen-bond donors (Lipinski definition) is 0. The summed E-state index contributed by atoms with van der Waals surface area (Å²) in [6.45, 7) is 7.93. The third kappa shape index (κ3) is 3.93. The van der Waals surface area contributed by atoms with Crippen molar-refractivity contribution in [2.75, 3.05) is 38.6 Å². The average molecular weight is 261 g/mol. The van der Waals surface area contributed by atoms with Crippen molar-refractivity contribution in [2.24, 2.45) is 5.92 Å². The maximum atomic E-state index is 4.57. The first-order valence-corrected chi connectivity index (χ1v) is 7.42. The highest BCUT2D eigenvalue weighted by Crippen LogP contribution is 2.24. The second-order valence-electron chi connectivity index (χ2n) is 6.29. The lowest BCUT2D eigenvalue weighted by atomic mass is 9.96. The van der Waals surface area contributed by atoms with Crippen LogP contribution in [0.2, 0.25) is 0 Å². The molecule has 0 saturated carbocycles. The van der Waals surface area contributed by atoms with Gasteiger partial charge in [-0.3, -0.25) is 4.98 Å². The summed E-state index contributed by atoms with van der Waals surface area (Å²) in [4.78, 5) is 9.35. The van der Waals surface area contributed by atoms with Crippen LogP contribution in [0.5, 0.6) is 0 Å². The van der Waals surface area contributed by atoms with Crippen LogP contribution >= 0.6 is 0 Å². The van der Waals surface area contributed by atoms with Crippen LogP contribution in [0.15, 0.2) is 18.3 Å². The zero-order chi connectivity index (χ0) is 13.8. The second kappa shape index (κ2) is 6.38. The molecule has 1 aromatic rings. The maximum absolute atomic E-state index is 4.57. The van der Waals surface area contributed by atoms with E-state index >= 15 is 0 Å². The Bertz CT molecular complexity index is 375. The highest BCUT2D eigenvalue weighted by atomic mass is 15.1. The lowest BCUT2D eigenvalue weighted by molar-refractivity contribution is 0.285. The van der Waals surface area contributed by atoms with Crippen LogP contribution in [0.25, 0.3) is 0 Å². The molecule has 0 unspecified atom stereocenters. The largest absolute Gasteiger partial charge is 0.370 e. The van der Waals surface area contributed by atoms with Crippen molar-refractivity contribution in [3.05, 3.63) is 24.0 Å². The van der Waals surface area contributed by atoms with Crippen LogP contribution in [0.4, 0.5) is 5.69 Å². The second-order valence-corrected chi connectivity index (χ2v) is 6.29. The minimum atomic E-state index is 0.514. The summed E-state index contributed by atoms with van der Waals surface area (Å²) < 4.78 is 0. The van der Waals surface area contributed by atoms with Crippen molar-refractivity contribution < 1.29 is 0 Å². The highest BCUT2D eigenvalue weighted by molar-refractivity contribution is 5.45. The lowest BCUT2D eigenvalue weighted by Gasteiger charge is -2.34. The maximum Gasteiger partial charge on any atom is 0.0552 e. The molecule has 0 bridgehead atoms. The first-order valence-electron chi connectivity index (χ1n) is 7.42. The fourth-order valence-electron chi connectivity index (χ4n) is 2.82. The standard InChI is InChI=1S/C16H27N3/c1-13(2)16-6-5-15(11-17-16)19-9-7-14(8-10-19)12-18(3)4/h5-6,11,13-14H,7-10,12H2,1-4H3. The van der Waals surface area contributed by atoms with E-state index in [1.807, 2.05) is 6.20 Å². The Labute approximate surface area is 117 Å². The van der Waals surface area contributed by atoms with Crippen molar-refractivity contribution in [2.45, 2.75) is 32.6 Å². The molecule has 2 rings (SSSR count). The molecule has 3 nitrogen and oxygen atoms in total. The number of piperidine rings is 1. The van der Waals surface area contributed by atoms with Gasteiger partial charge in [0.15, 0.2) is 0 Å². The van der Waals surface area contributed by atoms with E-state index in [4.69, 9.17) is 0 Å². The molecule has 1 saturated heterocycles. The average Bonchev–Trinajstić information content (AvgIpc) is 2.39. The fraction of sp³-hybridized carbons (Fsp3) is 0.688. The Kier molecular flexibility index (Phi) is 4.81. The normalized spacial score (nSPS) is 17.5. The summed E-state index contributed by atoms with van der Waals surface area (Å²) >= 11 is 0. The van der Waals surface area contributed by atoms with Gasteiger partial charge >= 0.3 is 0 Å². The molecule has 1 aliphatic heterocycles. The van der Waals surface area contributed by atoms with Crippen LogP contribution in [-0.2, 0) is 0 Å². The van der Waals surface area contributed by atoms with E-state index in [1.165, 1.54) is 43.9 Å². The predicted molar refractivity (Wildman–Crippen MR) is 81.8 cm³/mol. The van der Waals surface area contributed by atoms with E-state index in [0.717, 1.165) is 5.92 Å². The molecule has 106 valence electrons. The predicted octanol–water partition coefficient (Wildman–Crippen LogP) is 2.98. The SMILES string of the molecule is CC(C)c1ccc(N2CCC(CN(C)C)CC2)cn1. The molecular formula is C16H27N3. The summed E-state index contributed by atoms with van der Waals surface area (Å²) in [5.74, 6) is 1.37. The molecule has 2 heterocycles. The molecule has 19 heavy (non-hydrogen) atoms. The third-order valence-electron chi connectivity index (χ3n) is 3.97. The van der Waals surface area contributed by atoms with E-state index in [1.54, 1.807) is 0 Å². The summed E-state index contributed by atoms with van der Waals surface area (Å²) in [5, 5.41) is 0. The molecule has 0 atom stereocenters. The smallest absolute Gasteiger partial charge is 0.0552 e. The summed E-state index contributed by atoms with van der Waals surface area (Å²) in [6.07, 6.45) is 4.63. The lowest BCUT2D eigenvalue weighted by Crippen LogP contribution is -2.37. The molecule has 0 radical (unpaired) electrons. The molecule has 0 aliphatic carbocycles. The highest BCUT2D eigenvalue weighted by Gasteiger charge is 2.20. The topological polar surface area (TPSA) is 19.4 Å². The Hall–Kier alpha value is -1.09. The van der Waals surface area contributed by atoms with Crippen molar-refractivity contribution in [3.8, 4) is 0 Å². The minimum Gasteiger partial charge on any atom is -0.370 e. The number of pyridine rings is 1. The number of aromatic nitrogens is 1. The first-order chi connectivity index (χ1) is 9.06. The molecule has 1 aliphatic rings. The zero-order valence-electron chi connectivity index (χ0n) is 12.8. The van der Waals surface area contributed by atoms with Gasteiger partial charge in [-0.15, -0.1) is 0 Å². The number of anilines is 1. The number of rotatable bonds is 4. The van der Waals surface area contributed by atoms with Gasteiger partial charge in [-0.2, -0.15) is 0 Å². The molecule has 1 fully saturated rings. The summed E-state index contributed by atoms with van der Waals surface area (Å²) in [6, 6.07) is 4.40. The van der Waals surface area contributed by atoms with Gasteiger partial charge in [0, 0.05) is 25.3 Å². The van der Waals surface area contributed by atoms with Gasteiger partial charge in [0.2, 0.25) is 0 Å². The quantitative estimate of drug-likeness (QED) is 0.830. The van der Waals surface area contributed by atoms with Gasteiger partial charge in [-0.05, 0) is 50.9 Å². The summed E-state index contributed by atoms with van der Waals surface area (Å²) in [5.41, 5.74) is 2.47. The molecule has 0 aromatic carbocycles. The van der Waals surface area contributed by atoms with E-state index in [-0.39, 0.29) is 0 Å². The fourth-order valence-corrected chi connectivity index (χ4v) is 2.82. The first kappa shape index (κ1) is 14.3. The van der Waals surface area contributed by atoms with Gasteiger partial charge in [-0.1, -0.05) is 13.8 Å². The van der Waals surface area contributed by atoms with E-state index in [0.29, 0.717) is 5.92 Å². The third-order valence-corrected chi connectivity index (χ3v) is 3.97. The van der Waals surface area contributed by atoms with Crippen LogP contribution in [0, 0.1) is 5.92 Å². The molecule has 3 heteroatoms. The van der Waals surface area contributed by atoms with Gasteiger partial charge in [0.1, 0.15) is 0 Å². The molecule has 0 spiro atoms. The molecule has 0 amide bonds. The van der Waals surface area contributed by atoms with Crippen molar-refractivity contribution in [3.63, 3.8) is 0 Å². The Morgan fingerprint density at radius 2 is 1.95 bits per heavy atom. The van der Waals surface area contributed by atoms with Gasteiger partial charge in [0.25, 0.3) is 0 Å². The summed E-state index contributed by atoms with van der Waals surface area (Å²) in [7, 11) is 4.34. The van der Waals surface area contributed by atoms with Gasteiger partial charge < -0.3 is 9.80 Å². The Morgan fingerprint density at radius 3 is 2.42 bits per heavy atom. The number of nitrogens with zero attached hydrogens (tertiary/aromatic N) is 3. The van der Waals surface area contributed by atoms with Gasteiger partial charge in [-0.25, -0.2) is 0 Å². The van der Waals surface area contributed by atoms with Crippen LogP contribution < -0.4 is 4.90 Å². The minimum absolute atomic E-state index is 0.514. The zero-order valence-corrected chi connectivity index (χ0v) is 12.8. The Morgan fingerprint density at radius 1 is 1.26 bits per heavy atom. The monoisotopic (exact) mass is 261 g/mol. The van der Waals surface area contributed by atoms with Crippen LogP contribution in [0.3, 0.4) is 0 Å².